The van der Waals surface area contributed by atoms with Gasteiger partial charge in [0.05, 0.1) is 47.8 Å². The summed E-state index contributed by atoms with van der Waals surface area (Å²) in [5.41, 5.74) is 0.186. The maximum atomic E-state index is 14.3. The van der Waals surface area contributed by atoms with Gasteiger partial charge in [-0.2, -0.15) is 0 Å². The van der Waals surface area contributed by atoms with Crippen LogP contribution in [0.3, 0.4) is 0 Å². The van der Waals surface area contributed by atoms with Crippen molar-refractivity contribution in [1.29, 1.82) is 0 Å². The number of aliphatic hydroxyl groups is 1. The summed E-state index contributed by atoms with van der Waals surface area (Å²) in [5.74, 6) is -1.38. The van der Waals surface area contributed by atoms with Gasteiger partial charge in [-0.05, 0) is 36.2 Å². The molecule has 0 amide bonds. The number of carbonyl (C=O) groups excluding carboxylic acids is 1. The summed E-state index contributed by atoms with van der Waals surface area (Å²) in [6, 6.07) is 15.3. The Bertz CT molecular complexity index is 1730. The van der Waals surface area contributed by atoms with Crippen LogP contribution in [0.15, 0.2) is 64.2 Å². The minimum Gasteiger partial charge on any atom is -0.458 e. The van der Waals surface area contributed by atoms with E-state index in [-0.39, 0.29) is 41.6 Å². The molecule has 4 heterocycles. The van der Waals surface area contributed by atoms with Crippen LogP contribution in [0.1, 0.15) is 35.7 Å². The zero-order chi connectivity index (χ0) is 26.6. The van der Waals surface area contributed by atoms with Crippen LogP contribution in [0.2, 0.25) is 0 Å². The number of cyclic esters (lactones) is 1. The zero-order valence-corrected chi connectivity index (χ0v) is 20.7. The van der Waals surface area contributed by atoms with Gasteiger partial charge in [0, 0.05) is 17.5 Å². The van der Waals surface area contributed by atoms with E-state index in [1.165, 1.54) is 22.8 Å². The Morgan fingerprint density at radius 1 is 1.11 bits per heavy atom. The van der Waals surface area contributed by atoms with E-state index < -0.39 is 28.4 Å². The third-order valence-corrected chi connectivity index (χ3v) is 7.51. The molecule has 0 saturated carbocycles. The van der Waals surface area contributed by atoms with Gasteiger partial charge in [-0.3, -0.25) is 9.59 Å². The maximum absolute atomic E-state index is 14.3. The van der Waals surface area contributed by atoms with E-state index in [0.717, 1.165) is 5.56 Å². The Labute approximate surface area is 216 Å². The Morgan fingerprint density at radius 2 is 1.89 bits per heavy atom. The van der Waals surface area contributed by atoms with Crippen LogP contribution in [0.4, 0.5) is 4.39 Å². The molecule has 0 radical (unpaired) electrons. The molecule has 0 bridgehead atoms. The van der Waals surface area contributed by atoms with Gasteiger partial charge >= 0.3 is 5.97 Å². The number of aromatic nitrogens is 2. The summed E-state index contributed by atoms with van der Waals surface area (Å²) in [7, 11) is 0. The van der Waals surface area contributed by atoms with Crippen molar-refractivity contribution in [2.24, 2.45) is 0 Å². The van der Waals surface area contributed by atoms with Crippen LogP contribution >= 0.6 is 0 Å². The largest absolute Gasteiger partial charge is 0.458 e. The molecule has 4 aromatic rings. The number of fused-ring (bicyclic) bond motifs is 5. The number of pyridine rings is 2. The van der Waals surface area contributed by atoms with E-state index in [9.17, 15) is 23.9 Å². The molecule has 6 rings (SSSR count). The molecule has 194 valence electrons. The lowest BCUT2D eigenvalue weighted by atomic mass is 9.86. The van der Waals surface area contributed by atoms with Crippen LogP contribution in [0.5, 0.6) is 0 Å². The van der Waals surface area contributed by atoms with Gasteiger partial charge in [0.2, 0.25) is 0 Å². The first-order chi connectivity index (χ1) is 18.3. The van der Waals surface area contributed by atoms with E-state index in [4.69, 9.17) is 9.47 Å². The highest BCUT2D eigenvalue weighted by Gasteiger charge is 2.45. The zero-order valence-electron chi connectivity index (χ0n) is 20.7. The Kier molecular flexibility index (Phi) is 5.77. The number of hydrogen-bond acceptors (Lipinski definition) is 6. The minimum atomic E-state index is -1.99. The first-order valence-corrected chi connectivity index (χ1v) is 12.5. The maximum Gasteiger partial charge on any atom is 0.343 e. The number of nitrogens with zero attached hydrogens (tertiary/aromatic N) is 2. The van der Waals surface area contributed by atoms with Crippen molar-refractivity contribution < 1.29 is 23.8 Å². The molecule has 8 nitrogen and oxygen atoms in total. The monoisotopic (exact) mass is 516 g/mol. The first kappa shape index (κ1) is 24.3. The van der Waals surface area contributed by atoms with Gasteiger partial charge in [0.25, 0.3) is 5.56 Å². The summed E-state index contributed by atoms with van der Waals surface area (Å²) in [5, 5.41) is 11.3. The second-order valence-corrected chi connectivity index (χ2v) is 9.61. The molecule has 1 N–H and O–H groups in total. The molecule has 0 aliphatic carbocycles. The molecule has 38 heavy (non-hydrogen) atoms. The van der Waals surface area contributed by atoms with Gasteiger partial charge in [-0.15, -0.1) is 0 Å². The minimum absolute atomic E-state index is 0.000497. The molecular weight excluding hydrogens is 491 g/mol. The second kappa shape index (κ2) is 9.04. The number of carbonyl (C=O) groups is 1. The third kappa shape index (κ3) is 3.61. The van der Waals surface area contributed by atoms with Crippen molar-refractivity contribution in [3.05, 3.63) is 103 Å². The lowest BCUT2D eigenvalue weighted by Crippen LogP contribution is -2.44. The molecule has 2 aromatic carbocycles. The van der Waals surface area contributed by atoms with Crippen LogP contribution < -0.4 is 11.0 Å². The number of ether oxygens (including phenoxy) is 2. The highest BCUT2D eigenvalue weighted by Crippen LogP contribution is 2.38. The number of hydrogen-bond donors (Lipinski definition) is 1. The predicted molar refractivity (Wildman–Crippen MR) is 137 cm³/mol. The topological polar surface area (TPSA) is 99.8 Å². The summed E-state index contributed by atoms with van der Waals surface area (Å²) in [6.45, 7) is 2.56. The van der Waals surface area contributed by atoms with Crippen molar-refractivity contribution in [3.8, 4) is 11.3 Å². The Morgan fingerprint density at radius 3 is 2.66 bits per heavy atom. The molecule has 0 saturated heterocycles. The quantitative estimate of drug-likeness (QED) is 0.275. The number of halogens is 1. The average Bonchev–Trinajstić information content (AvgIpc) is 3.31. The Balaban J connectivity index is 1.49. The molecule has 1 atom stereocenters. The highest BCUT2D eigenvalue weighted by atomic mass is 19.1. The van der Waals surface area contributed by atoms with E-state index in [0.29, 0.717) is 36.7 Å². The van der Waals surface area contributed by atoms with Crippen LogP contribution in [-0.2, 0) is 46.2 Å². The lowest BCUT2D eigenvalue weighted by Gasteiger charge is -2.31. The molecular formula is C29H25FN2O6. The van der Waals surface area contributed by atoms with E-state index in [2.05, 4.69) is 0 Å². The van der Waals surface area contributed by atoms with E-state index in [1.54, 1.807) is 13.0 Å². The SMILES string of the molecule is CC[C@@]1(O)C(=O)OCc2c1cc1n(c2=O)Cc2c-1c(=O)c1cc(F)ccc1n2CCOCc1ccccc1. The number of rotatable bonds is 6. The normalized spacial score (nSPS) is 17.7. The highest BCUT2D eigenvalue weighted by molar-refractivity contribution is 5.88. The van der Waals surface area contributed by atoms with Crippen molar-refractivity contribution in [3.63, 3.8) is 0 Å². The van der Waals surface area contributed by atoms with E-state index in [1.807, 2.05) is 34.9 Å². The molecule has 9 heteroatoms. The van der Waals surface area contributed by atoms with Crippen LogP contribution in [0, 0.1) is 5.82 Å². The third-order valence-electron chi connectivity index (χ3n) is 7.51. The van der Waals surface area contributed by atoms with E-state index >= 15 is 0 Å². The first-order valence-electron chi connectivity index (χ1n) is 12.5. The molecule has 0 fully saturated rings. The Hall–Kier alpha value is -4.08. The fraction of sp³-hybridized carbons (Fsp3) is 0.276. The fourth-order valence-corrected chi connectivity index (χ4v) is 5.49. The van der Waals surface area contributed by atoms with Crippen molar-refractivity contribution in [1.82, 2.24) is 9.13 Å². The van der Waals surface area contributed by atoms with Crippen LogP contribution in [0.25, 0.3) is 22.2 Å². The van der Waals surface area contributed by atoms with Crippen molar-refractivity contribution in [2.75, 3.05) is 6.61 Å². The van der Waals surface area contributed by atoms with Gasteiger partial charge in [0.15, 0.2) is 11.0 Å². The standard InChI is InChI=1S/C29H25FN2O6/c1-2-29(36)21-13-23-25-24(14-32(23)27(34)20(21)16-38-28(29)35)31(10-11-37-15-17-6-4-3-5-7-17)22-9-8-18(30)12-19(22)26(25)33/h3-9,12-13,36H,2,10-11,14-16H2,1H3/t29-/m0/s1. The van der Waals surface area contributed by atoms with Crippen molar-refractivity contribution >= 4 is 16.9 Å². The molecule has 0 unspecified atom stereocenters. The summed E-state index contributed by atoms with van der Waals surface area (Å²) in [4.78, 5) is 39.7. The average molecular weight is 517 g/mol. The number of esters is 1. The fourth-order valence-electron chi connectivity index (χ4n) is 5.49. The molecule has 2 aromatic heterocycles. The van der Waals surface area contributed by atoms with Crippen LogP contribution in [-0.4, -0.2) is 26.8 Å². The second-order valence-electron chi connectivity index (χ2n) is 9.61. The summed E-state index contributed by atoms with van der Waals surface area (Å²) >= 11 is 0. The summed E-state index contributed by atoms with van der Waals surface area (Å²) in [6.07, 6.45) is 0.000497. The molecule has 2 aliphatic heterocycles. The van der Waals surface area contributed by atoms with Gasteiger partial charge in [-0.25, -0.2) is 9.18 Å². The molecule has 0 spiro atoms. The van der Waals surface area contributed by atoms with Crippen molar-refractivity contribution in [2.45, 2.75) is 45.2 Å². The molecule has 2 aliphatic rings. The smallest absolute Gasteiger partial charge is 0.343 e. The van der Waals surface area contributed by atoms with Gasteiger partial charge in [-0.1, -0.05) is 37.3 Å². The number of benzene rings is 2. The summed E-state index contributed by atoms with van der Waals surface area (Å²) < 4.78 is 28.6. The predicted octanol–water partition coefficient (Wildman–Crippen LogP) is 3.20. The van der Waals surface area contributed by atoms with Gasteiger partial charge in [0.1, 0.15) is 12.4 Å². The lowest BCUT2D eigenvalue weighted by molar-refractivity contribution is -0.172. The van der Waals surface area contributed by atoms with Gasteiger partial charge < -0.3 is 23.7 Å².